The van der Waals surface area contributed by atoms with Crippen LogP contribution in [0.5, 0.6) is 5.75 Å². The van der Waals surface area contributed by atoms with Crippen LogP contribution in [0, 0.1) is 0 Å². The van der Waals surface area contributed by atoms with E-state index in [2.05, 4.69) is 10.6 Å². The number of hydrogen-bond donors (Lipinski definition) is 2. The van der Waals surface area contributed by atoms with E-state index in [-0.39, 0.29) is 16.9 Å². The Morgan fingerprint density at radius 3 is 2.54 bits per heavy atom. The molecule has 0 aromatic heterocycles. The lowest BCUT2D eigenvalue weighted by molar-refractivity contribution is 0.0724. The molecule has 0 aliphatic carbocycles. The smallest absolute Gasteiger partial charge is 0.261 e. The van der Waals surface area contributed by atoms with E-state index in [1.54, 1.807) is 48.5 Å². The van der Waals surface area contributed by atoms with Gasteiger partial charge in [0.15, 0.2) is 5.11 Å². The number of amides is 2. The molecule has 0 radical (unpaired) electrons. The first-order valence-corrected chi connectivity index (χ1v) is 9.64. The first-order valence-electron chi connectivity index (χ1n) is 9.23. The summed E-state index contributed by atoms with van der Waals surface area (Å²) in [6.45, 7) is 1.59. The van der Waals surface area contributed by atoms with E-state index in [0.717, 1.165) is 25.9 Å². The van der Waals surface area contributed by atoms with E-state index in [9.17, 15) is 9.59 Å². The third kappa shape index (κ3) is 4.86. The Morgan fingerprint density at radius 1 is 1.04 bits per heavy atom. The molecular formula is C21H23N3O3S. The molecule has 3 rings (SSSR count). The highest BCUT2D eigenvalue weighted by Gasteiger charge is 2.18. The monoisotopic (exact) mass is 397 g/mol. The number of rotatable bonds is 4. The van der Waals surface area contributed by atoms with Gasteiger partial charge in [-0.3, -0.25) is 14.9 Å². The molecule has 2 aromatic rings. The maximum absolute atomic E-state index is 12.7. The first-order chi connectivity index (χ1) is 13.6. The molecule has 28 heavy (non-hydrogen) atoms. The number of carbonyl (C=O) groups excluding carboxylic acids is 2. The SMILES string of the molecule is COc1ccccc1C(=O)NC(=S)Nc1cccc(C(=O)N2CCCCC2)c1. The number of nitrogens with zero attached hydrogens (tertiary/aromatic N) is 1. The summed E-state index contributed by atoms with van der Waals surface area (Å²) in [7, 11) is 1.51. The van der Waals surface area contributed by atoms with Gasteiger partial charge in [-0.25, -0.2) is 0 Å². The Hall–Kier alpha value is -2.93. The van der Waals surface area contributed by atoms with Crippen molar-refractivity contribution in [3.05, 3.63) is 59.7 Å². The van der Waals surface area contributed by atoms with Gasteiger partial charge in [0.1, 0.15) is 5.75 Å². The molecule has 6 nitrogen and oxygen atoms in total. The molecule has 0 unspecified atom stereocenters. The summed E-state index contributed by atoms with van der Waals surface area (Å²) >= 11 is 5.25. The molecule has 2 N–H and O–H groups in total. The lowest BCUT2D eigenvalue weighted by Crippen LogP contribution is -2.36. The van der Waals surface area contributed by atoms with E-state index in [1.165, 1.54) is 13.5 Å². The average Bonchev–Trinajstić information content (AvgIpc) is 2.73. The molecule has 2 aromatic carbocycles. The molecule has 1 aliphatic rings. The Morgan fingerprint density at radius 2 is 1.79 bits per heavy atom. The number of carbonyl (C=O) groups is 2. The molecule has 7 heteroatoms. The van der Waals surface area contributed by atoms with Gasteiger partial charge in [-0.1, -0.05) is 18.2 Å². The zero-order chi connectivity index (χ0) is 19.9. The van der Waals surface area contributed by atoms with Crippen LogP contribution >= 0.6 is 12.2 Å². The number of hydrogen-bond acceptors (Lipinski definition) is 4. The number of para-hydroxylation sites is 1. The fourth-order valence-corrected chi connectivity index (χ4v) is 3.39. The Balaban J connectivity index is 1.64. The summed E-state index contributed by atoms with van der Waals surface area (Å²) < 4.78 is 5.20. The second-order valence-electron chi connectivity index (χ2n) is 6.54. The molecular weight excluding hydrogens is 374 g/mol. The molecule has 146 valence electrons. The third-order valence-electron chi connectivity index (χ3n) is 4.59. The van der Waals surface area contributed by atoms with Crippen molar-refractivity contribution in [1.29, 1.82) is 0 Å². The maximum atomic E-state index is 12.7. The Labute approximate surface area is 169 Å². The highest BCUT2D eigenvalue weighted by Crippen LogP contribution is 2.18. The molecule has 1 aliphatic heterocycles. The van der Waals surface area contributed by atoms with Gasteiger partial charge in [0.2, 0.25) is 0 Å². The van der Waals surface area contributed by atoms with Crippen molar-refractivity contribution in [1.82, 2.24) is 10.2 Å². The normalized spacial score (nSPS) is 13.5. The third-order valence-corrected chi connectivity index (χ3v) is 4.79. The lowest BCUT2D eigenvalue weighted by Gasteiger charge is -2.26. The van der Waals surface area contributed by atoms with Gasteiger partial charge >= 0.3 is 0 Å². The van der Waals surface area contributed by atoms with E-state index < -0.39 is 0 Å². The summed E-state index contributed by atoms with van der Waals surface area (Å²) in [5.74, 6) is 0.125. The van der Waals surface area contributed by atoms with Crippen LogP contribution in [0.2, 0.25) is 0 Å². The molecule has 0 bridgehead atoms. The van der Waals surface area contributed by atoms with Crippen LogP contribution < -0.4 is 15.4 Å². The highest BCUT2D eigenvalue weighted by molar-refractivity contribution is 7.80. The van der Waals surface area contributed by atoms with E-state index in [0.29, 0.717) is 22.6 Å². The predicted octanol–water partition coefficient (Wildman–Crippen LogP) is 3.45. The van der Waals surface area contributed by atoms with Crippen LogP contribution in [-0.4, -0.2) is 42.0 Å². The minimum absolute atomic E-state index is 0.0207. The van der Waals surface area contributed by atoms with Gasteiger partial charge in [0.25, 0.3) is 11.8 Å². The van der Waals surface area contributed by atoms with Crippen molar-refractivity contribution in [2.45, 2.75) is 19.3 Å². The Kier molecular flexibility index (Phi) is 6.60. The number of thiocarbonyl (C=S) groups is 1. The summed E-state index contributed by atoms with van der Waals surface area (Å²) in [5.41, 5.74) is 1.64. The molecule has 2 amide bonds. The van der Waals surface area contributed by atoms with Gasteiger partial charge in [-0.05, 0) is 61.8 Å². The van der Waals surface area contributed by atoms with Gasteiger partial charge in [-0.15, -0.1) is 0 Å². The lowest BCUT2D eigenvalue weighted by atomic mass is 10.1. The highest BCUT2D eigenvalue weighted by atomic mass is 32.1. The standard InChI is InChI=1S/C21H23N3O3S/c1-27-18-11-4-3-10-17(18)19(25)23-21(28)22-16-9-7-8-15(14-16)20(26)24-12-5-2-6-13-24/h3-4,7-11,14H,2,5-6,12-13H2,1H3,(H2,22,23,25,28). The summed E-state index contributed by atoms with van der Waals surface area (Å²) in [6, 6.07) is 14.0. The number of methoxy groups -OCH3 is 1. The first kappa shape index (κ1) is 19.8. The minimum Gasteiger partial charge on any atom is -0.496 e. The second-order valence-corrected chi connectivity index (χ2v) is 6.95. The topological polar surface area (TPSA) is 70.7 Å². The molecule has 0 saturated carbocycles. The maximum Gasteiger partial charge on any atom is 0.261 e. The molecule has 0 atom stereocenters. The van der Waals surface area contributed by atoms with Gasteiger partial charge in [-0.2, -0.15) is 0 Å². The number of likely N-dealkylation sites (tertiary alicyclic amines) is 1. The van der Waals surface area contributed by atoms with Crippen LogP contribution in [-0.2, 0) is 0 Å². The van der Waals surface area contributed by atoms with Crippen LogP contribution in [0.3, 0.4) is 0 Å². The zero-order valence-electron chi connectivity index (χ0n) is 15.7. The molecule has 1 fully saturated rings. The minimum atomic E-state index is -0.365. The van der Waals surface area contributed by atoms with Crippen LogP contribution in [0.4, 0.5) is 5.69 Å². The van der Waals surface area contributed by atoms with E-state index >= 15 is 0 Å². The number of piperidine rings is 1. The van der Waals surface area contributed by atoms with Crippen LogP contribution in [0.25, 0.3) is 0 Å². The number of nitrogens with one attached hydrogen (secondary N) is 2. The molecule has 0 spiro atoms. The van der Waals surface area contributed by atoms with Crippen molar-refractivity contribution >= 4 is 34.8 Å². The van der Waals surface area contributed by atoms with E-state index in [1.807, 2.05) is 4.90 Å². The number of ether oxygens (including phenoxy) is 1. The van der Waals surface area contributed by atoms with Crippen molar-refractivity contribution in [2.24, 2.45) is 0 Å². The van der Waals surface area contributed by atoms with Crippen molar-refractivity contribution in [3.63, 3.8) is 0 Å². The second kappa shape index (κ2) is 9.32. The zero-order valence-corrected chi connectivity index (χ0v) is 16.6. The molecule has 1 heterocycles. The van der Waals surface area contributed by atoms with Crippen LogP contribution in [0.15, 0.2) is 48.5 Å². The van der Waals surface area contributed by atoms with Gasteiger partial charge in [0.05, 0.1) is 12.7 Å². The fraction of sp³-hybridized carbons (Fsp3) is 0.286. The van der Waals surface area contributed by atoms with Gasteiger partial charge in [0, 0.05) is 24.3 Å². The quantitative estimate of drug-likeness (QED) is 0.774. The number of benzene rings is 2. The predicted molar refractivity (Wildman–Crippen MR) is 113 cm³/mol. The largest absolute Gasteiger partial charge is 0.496 e. The average molecular weight is 398 g/mol. The summed E-state index contributed by atoms with van der Waals surface area (Å²) in [5, 5.41) is 5.76. The fourth-order valence-electron chi connectivity index (χ4n) is 3.17. The van der Waals surface area contributed by atoms with Crippen LogP contribution in [0.1, 0.15) is 40.0 Å². The molecule has 1 saturated heterocycles. The summed E-state index contributed by atoms with van der Waals surface area (Å²) in [4.78, 5) is 27.0. The number of anilines is 1. The van der Waals surface area contributed by atoms with E-state index in [4.69, 9.17) is 17.0 Å². The van der Waals surface area contributed by atoms with Crippen molar-refractivity contribution < 1.29 is 14.3 Å². The van der Waals surface area contributed by atoms with Crippen molar-refractivity contribution in [3.8, 4) is 5.75 Å². The Bertz CT molecular complexity index is 879. The van der Waals surface area contributed by atoms with Crippen molar-refractivity contribution in [2.75, 3.05) is 25.5 Å². The summed E-state index contributed by atoms with van der Waals surface area (Å²) in [6.07, 6.45) is 3.26. The van der Waals surface area contributed by atoms with Gasteiger partial charge < -0.3 is 15.0 Å².